The summed E-state index contributed by atoms with van der Waals surface area (Å²) in [6, 6.07) is 13.4. The Morgan fingerprint density at radius 2 is 2.00 bits per heavy atom. The second kappa shape index (κ2) is 8.11. The maximum Gasteiger partial charge on any atom is 0.181 e. The van der Waals surface area contributed by atoms with E-state index in [0.717, 1.165) is 16.7 Å². The van der Waals surface area contributed by atoms with Crippen LogP contribution in [0.15, 0.2) is 36.4 Å². The largest absolute Gasteiger partial charge is 0.493 e. The van der Waals surface area contributed by atoms with Crippen LogP contribution in [-0.2, 0) is 0 Å². The molecule has 0 bridgehead atoms. The summed E-state index contributed by atoms with van der Waals surface area (Å²) >= 11 is 6.26. The van der Waals surface area contributed by atoms with E-state index >= 15 is 0 Å². The summed E-state index contributed by atoms with van der Waals surface area (Å²) in [5.41, 5.74) is 3.24. The first-order valence-corrected chi connectivity index (χ1v) is 7.59. The highest BCUT2D eigenvalue weighted by atomic mass is 35.5. The van der Waals surface area contributed by atoms with E-state index in [1.165, 1.54) is 7.11 Å². The van der Waals surface area contributed by atoms with Crippen LogP contribution in [0.1, 0.15) is 16.7 Å². The van der Waals surface area contributed by atoms with Gasteiger partial charge in [0.25, 0.3) is 0 Å². The van der Waals surface area contributed by atoms with E-state index in [4.69, 9.17) is 27.5 Å². The standard InChI is InChI=1S/C20H16ClNO2/c1-4-9-24-20-18(21)11-15(12-19(20)23-3)10-17(13-22)16-7-5-14(2)6-8-16/h1,5-8,10-12H,9H2,2-3H3/b17-10+. The van der Waals surface area contributed by atoms with Gasteiger partial charge in [-0.15, -0.1) is 6.42 Å². The van der Waals surface area contributed by atoms with E-state index in [1.54, 1.807) is 18.2 Å². The molecule has 120 valence electrons. The van der Waals surface area contributed by atoms with Crippen molar-refractivity contribution in [2.45, 2.75) is 6.92 Å². The Balaban J connectivity index is 2.44. The maximum atomic E-state index is 9.45. The first-order valence-electron chi connectivity index (χ1n) is 7.21. The summed E-state index contributed by atoms with van der Waals surface area (Å²) in [5, 5.41) is 9.82. The first-order chi connectivity index (χ1) is 11.6. The van der Waals surface area contributed by atoms with Crippen molar-refractivity contribution in [3.05, 3.63) is 58.1 Å². The summed E-state index contributed by atoms with van der Waals surface area (Å²) in [4.78, 5) is 0. The molecule has 0 amide bonds. The van der Waals surface area contributed by atoms with Gasteiger partial charge in [0.15, 0.2) is 11.5 Å². The number of methoxy groups -OCH3 is 1. The van der Waals surface area contributed by atoms with Crippen LogP contribution in [0.25, 0.3) is 11.6 Å². The maximum absolute atomic E-state index is 9.45. The highest BCUT2D eigenvalue weighted by Crippen LogP contribution is 2.37. The lowest BCUT2D eigenvalue weighted by Gasteiger charge is -2.12. The Morgan fingerprint density at radius 3 is 2.58 bits per heavy atom. The minimum Gasteiger partial charge on any atom is -0.493 e. The summed E-state index contributed by atoms with van der Waals surface area (Å²) in [6.07, 6.45) is 6.96. The molecule has 0 radical (unpaired) electrons. The number of rotatable bonds is 5. The zero-order valence-corrected chi connectivity index (χ0v) is 14.2. The Labute approximate surface area is 147 Å². The van der Waals surface area contributed by atoms with Gasteiger partial charge in [-0.1, -0.05) is 47.4 Å². The Kier molecular flexibility index (Phi) is 5.90. The van der Waals surface area contributed by atoms with E-state index in [0.29, 0.717) is 22.1 Å². The lowest BCUT2D eigenvalue weighted by atomic mass is 10.0. The molecule has 0 unspecified atom stereocenters. The lowest BCUT2D eigenvalue weighted by Crippen LogP contribution is -1.98. The van der Waals surface area contributed by atoms with Gasteiger partial charge in [0.2, 0.25) is 0 Å². The molecule has 0 aromatic heterocycles. The van der Waals surface area contributed by atoms with Crippen LogP contribution in [-0.4, -0.2) is 13.7 Å². The predicted molar refractivity (Wildman–Crippen MR) is 97.0 cm³/mol. The van der Waals surface area contributed by atoms with Gasteiger partial charge in [-0.3, -0.25) is 0 Å². The number of hydrogen-bond donors (Lipinski definition) is 0. The fourth-order valence-corrected chi connectivity index (χ4v) is 2.43. The van der Waals surface area contributed by atoms with E-state index in [2.05, 4.69) is 12.0 Å². The average molecular weight is 338 g/mol. The van der Waals surface area contributed by atoms with Crippen LogP contribution in [0.5, 0.6) is 11.5 Å². The van der Waals surface area contributed by atoms with Gasteiger partial charge < -0.3 is 9.47 Å². The number of ether oxygens (including phenoxy) is 2. The number of allylic oxidation sites excluding steroid dienone is 1. The number of hydrogen-bond acceptors (Lipinski definition) is 3. The minimum atomic E-state index is 0.0953. The Morgan fingerprint density at radius 1 is 1.29 bits per heavy atom. The lowest BCUT2D eigenvalue weighted by molar-refractivity contribution is 0.331. The molecular formula is C20H16ClNO2. The predicted octanol–water partition coefficient (Wildman–Crippen LogP) is 4.73. The highest BCUT2D eigenvalue weighted by molar-refractivity contribution is 6.32. The second-order valence-electron chi connectivity index (χ2n) is 5.06. The van der Waals surface area contributed by atoms with Crippen molar-refractivity contribution in [3.8, 4) is 29.9 Å². The summed E-state index contributed by atoms with van der Waals surface area (Å²) in [5.74, 6) is 3.24. The van der Waals surface area contributed by atoms with Crippen molar-refractivity contribution in [1.82, 2.24) is 0 Å². The molecular weight excluding hydrogens is 322 g/mol. The molecule has 4 heteroatoms. The summed E-state index contributed by atoms with van der Waals surface area (Å²) < 4.78 is 10.7. The Hall–Kier alpha value is -2.88. The van der Waals surface area contributed by atoms with Crippen molar-refractivity contribution in [1.29, 1.82) is 5.26 Å². The third-order valence-electron chi connectivity index (χ3n) is 3.35. The van der Waals surface area contributed by atoms with Crippen molar-refractivity contribution >= 4 is 23.3 Å². The molecule has 0 aliphatic rings. The molecule has 0 heterocycles. The normalized spacial score (nSPS) is 10.6. The van der Waals surface area contributed by atoms with Crippen LogP contribution in [0, 0.1) is 30.6 Å². The number of benzene rings is 2. The van der Waals surface area contributed by atoms with E-state index in [1.807, 2.05) is 31.2 Å². The summed E-state index contributed by atoms with van der Waals surface area (Å²) in [7, 11) is 1.52. The van der Waals surface area contributed by atoms with E-state index in [-0.39, 0.29) is 6.61 Å². The van der Waals surface area contributed by atoms with Gasteiger partial charge in [-0.05, 0) is 36.3 Å². The van der Waals surface area contributed by atoms with Crippen molar-refractivity contribution < 1.29 is 9.47 Å². The van der Waals surface area contributed by atoms with Gasteiger partial charge in [-0.2, -0.15) is 5.26 Å². The Bertz CT molecular complexity index is 840. The average Bonchev–Trinajstić information content (AvgIpc) is 2.59. The van der Waals surface area contributed by atoms with Gasteiger partial charge >= 0.3 is 0 Å². The zero-order chi connectivity index (χ0) is 17.5. The first kappa shape index (κ1) is 17.5. The number of nitriles is 1. The molecule has 24 heavy (non-hydrogen) atoms. The molecule has 2 rings (SSSR count). The minimum absolute atomic E-state index is 0.0953. The second-order valence-corrected chi connectivity index (χ2v) is 5.47. The molecule has 0 saturated carbocycles. The molecule has 0 aliphatic heterocycles. The van der Waals surface area contributed by atoms with Crippen molar-refractivity contribution in [3.63, 3.8) is 0 Å². The third-order valence-corrected chi connectivity index (χ3v) is 3.63. The zero-order valence-electron chi connectivity index (χ0n) is 13.5. The summed E-state index contributed by atoms with van der Waals surface area (Å²) in [6.45, 7) is 2.09. The molecule has 0 atom stereocenters. The van der Waals surface area contributed by atoms with Crippen LogP contribution in [0.3, 0.4) is 0 Å². The van der Waals surface area contributed by atoms with Crippen molar-refractivity contribution in [2.24, 2.45) is 0 Å². The quantitative estimate of drug-likeness (QED) is 0.450. The molecule has 0 aliphatic carbocycles. The molecule has 0 spiro atoms. The molecule has 2 aromatic carbocycles. The van der Waals surface area contributed by atoms with Crippen molar-refractivity contribution in [2.75, 3.05) is 13.7 Å². The van der Waals surface area contributed by atoms with Gasteiger partial charge in [0.1, 0.15) is 6.61 Å². The highest BCUT2D eigenvalue weighted by Gasteiger charge is 2.12. The molecule has 0 N–H and O–H groups in total. The number of halogens is 1. The number of aryl methyl sites for hydroxylation is 1. The fourth-order valence-electron chi connectivity index (χ4n) is 2.16. The van der Waals surface area contributed by atoms with E-state index < -0.39 is 0 Å². The topological polar surface area (TPSA) is 42.2 Å². The van der Waals surface area contributed by atoms with Crippen LogP contribution in [0.4, 0.5) is 0 Å². The van der Waals surface area contributed by atoms with Gasteiger partial charge in [0, 0.05) is 0 Å². The van der Waals surface area contributed by atoms with E-state index in [9.17, 15) is 5.26 Å². The van der Waals surface area contributed by atoms with Crippen LogP contribution in [0.2, 0.25) is 5.02 Å². The molecule has 0 fully saturated rings. The monoisotopic (exact) mass is 337 g/mol. The molecule has 0 saturated heterocycles. The number of nitrogens with zero attached hydrogens (tertiary/aromatic N) is 1. The third kappa shape index (κ3) is 4.10. The van der Waals surface area contributed by atoms with Crippen LogP contribution < -0.4 is 9.47 Å². The number of terminal acetylenes is 1. The SMILES string of the molecule is C#CCOc1c(Cl)cc(/C=C(\C#N)c2ccc(C)cc2)cc1OC. The smallest absolute Gasteiger partial charge is 0.181 e. The van der Waals surface area contributed by atoms with Crippen LogP contribution >= 0.6 is 11.6 Å². The fraction of sp³-hybridized carbons (Fsp3) is 0.150. The molecule has 3 nitrogen and oxygen atoms in total. The van der Waals surface area contributed by atoms with Gasteiger partial charge in [0.05, 0.1) is 23.8 Å². The molecule has 2 aromatic rings. The van der Waals surface area contributed by atoms with Gasteiger partial charge in [-0.25, -0.2) is 0 Å².